The lowest BCUT2D eigenvalue weighted by atomic mass is 9.78. The van der Waals surface area contributed by atoms with Crippen LogP contribution in [0.1, 0.15) is 5.56 Å². The number of carbonyl (C=O) groups excluding carboxylic acids is 3. The standard InChI is InChI=1S/C19H12Cl2N4O6/c1-31-17(27)15-14-16(26)24(10-5-6-12(20)13(21)8-10)18(28)19(14,23-22-15)9-3-2-4-11(7-9)25(29)30/h2-8,14,23H,1H3/t14-,19+/m1/s1. The Bertz CT molecular complexity index is 1200. The van der Waals surface area contributed by atoms with Crippen molar-refractivity contribution in [2.45, 2.75) is 5.54 Å². The molecule has 2 aromatic carbocycles. The van der Waals surface area contributed by atoms with Crippen LogP contribution in [0.4, 0.5) is 11.4 Å². The quantitative estimate of drug-likeness (QED) is 0.319. The molecule has 0 radical (unpaired) electrons. The van der Waals surface area contributed by atoms with Gasteiger partial charge in [-0.15, -0.1) is 0 Å². The zero-order valence-corrected chi connectivity index (χ0v) is 17.2. The molecule has 1 saturated heterocycles. The number of non-ortho nitro benzene ring substituents is 1. The average molecular weight is 463 g/mol. The maximum Gasteiger partial charge on any atom is 0.355 e. The number of anilines is 1. The highest BCUT2D eigenvalue weighted by molar-refractivity contribution is 6.47. The summed E-state index contributed by atoms with van der Waals surface area (Å²) in [5.41, 5.74) is 0.293. The van der Waals surface area contributed by atoms with Gasteiger partial charge in [0, 0.05) is 12.1 Å². The van der Waals surface area contributed by atoms with Gasteiger partial charge in [-0.05, 0) is 23.8 Å². The maximum absolute atomic E-state index is 13.6. The largest absolute Gasteiger partial charge is 0.464 e. The number of halogens is 2. The van der Waals surface area contributed by atoms with Gasteiger partial charge in [0.25, 0.3) is 11.6 Å². The van der Waals surface area contributed by atoms with Crippen molar-refractivity contribution in [3.8, 4) is 0 Å². The molecule has 0 unspecified atom stereocenters. The minimum Gasteiger partial charge on any atom is -0.464 e. The molecule has 31 heavy (non-hydrogen) atoms. The lowest BCUT2D eigenvalue weighted by molar-refractivity contribution is -0.385. The highest BCUT2D eigenvalue weighted by Gasteiger charge is 2.67. The molecule has 0 spiro atoms. The molecule has 158 valence electrons. The second-order valence-electron chi connectivity index (χ2n) is 6.73. The van der Waals surface area contributed by atoms with Crippen molar-refractivity contribution in [3.05, 3.63) is 68.2 Å². The van der Waals surface area contributed by atoms with Crippen molar-refractivity contribution in [1.82, 2.24) is 5.43 Å². The lowest BCUT2D eigenvalue weighted by Crippen LogP contribution is -2.48. The number of hydrazone groups is 1. The first kappa shape index (κ1) is 20.8. The number of hydrogen-bond donors (Lipinski definition) is 1. The van der Waals surface area contributed by atoms with Gasteiger partial charge < -0.3 is 4.74 Å². The van der Waals surface area contributed by atoms with E-state index in [9.17, 15) is 24.5 Å². The molecule has 1 N–H and O–H groups in total. The number of amides is 2. The third-order valence-electron chi connectivity index (χ3n) is 5.14. The summed E-state index contributed by atoms with van der Waals surface area (Å²) in [4.78, 5) is 50.8. The van der Waals surface area contributed by atoms with Crippen LogP contribution < -0.4 is 10.3 Å². The van der Waals surface area contributed by atoms with Crippen LogP contribution in [0.5, 0.6) is 0 Å². The molecule has 12 heteroatoms. The summed E-state index contributed by atoms with van der Waals surface area (Å²) in [6, 6.07) is 9.36. The van der Waals surface area contributed by atoms with Crippen molar-refractivity contribution in [2.24, 2.45) is 11.0 Å². The number of carbonyl (C=O) groups is 3. The third kappa shape index (κ3) is 2.94. The normalized spacial score (nSPS) is 22.1. The smallest absolute Gasteiger partial charge is 0.355 e. The average Bonchev–Trinajstić information content (AvgIpc) is 3.26. The molecule has 0 saturated carbocycles. The van der Waals surface area contributed by atoms with E-state index in [4.69, 9.17) is 27.9 Å². The summed E-state index contributed by atoms with van der Waals surface area (Å²) in [6.45, 7) is 0. The van der Waals surface area contributed by atoms with Crippen LogP contribution in [-0.2, 0) is 24.7 Å². The number of nitro groups is 1. The summed E-state index contributed by atoms with van der Waals surface area (Å²) < 4.78 is 4.71. The number of nitrogens with one attached hydrogen (secondary N) is 1. The van der Waals surface area contributed by atoms with Crippen molar-refractivity contribution in [2.75, 3.05) is 12.0 Å². The SMILES string of the molecule is COC(=O)C1=NN[C@]2(c3cccc([N+](=O)[O-])c3)C(=O)N(c3ccc(Cl)c(Cl)c3)C(=O)[C@@H]12. The van der Waals surface area contributed by atoms with Crippen LogP contribution in [0.3, 0.4) is 0 Å². The zero-order chi connectivity index (χ0) is 22.5. The molecule has 2 aliphatic heterocycles. The molecule has 0 bridgehead atoms. The van der Waals surface area contributed by atoms with Gasteiger partial charge in [0.2, 0.25) is 5.91 Å². The molecule has 0 aliphatic carbocycles. The zero-order valence-electron chi connectivity index (χ0n) is 15.7. The van der Waals surface area contributed by atoms with E-state index in [1.807, 2.05) is 0 Å². The topological polar surface area (TPSA) is 131 Å². The Morgan fingerprint density at radius 2 is 1.97 bits per heavy atom. The second kappa shape index (κ2) is 7.33. The monoisotopic (exact) mass is 462 g/mol. The Kier molecular flexibility index (Phi) is 4.91. The molecule has 2 heterocycles. The molecule has 1 fully saturated rings. The first-order valence-electron chi connectivity index (χ1n) is 8.73. The minimum atomic E-state index is -1.88. The molecule has 2 aliphatic rings. The van der Waals surface area contributed by atoms with E-state index in [1.165, 1.54) is 36.4 Å². The predicted molar refractivity (Wildman–Crippen MR) is 110 cm³/mol. The highest BCUT2D eigenvalue weighted by Crippen LogP contribution is 2.46. The fraction of sp³-hybridized carbons (Fsp3) is 0.158. The van der Waals surface area contributed by atoms with Crippen LogP contribution in [0, 0.1) is 16.0 Å². The summed E-state index contributed by atoms with van der Waals surface area (Å²) in [5.74, 6) is -3.89. The number of ether oxygens (including phenoxy) is 1. The number of nitrogens with zero attached hydrogens (tertiary/aromatic N) is 3. The van der Waals surface area contributed by atoms with E-state index >= 15 is 0 Å². The van der Waals surface area contributed by atoms with Gasteiger partial charge in [0.1, 0.15) is 5.92 Å². The molecule has 2 aromatic rings. The van der Waals surface area contributed by atoms with Gasteiger partial charge in [0.15, 0.2) is 11.3 Å². The summed E-state index contributed by atoms with van der Waals surface area (Å²) >= 11 is 12.0. The molecule has 4 rings (SSSR count). The molecular formula is C19H12Cl2N4O6. The van der Waals surface area contributed by atoms with Gasteiger partial charge in [-0.2, -0.15) is 5.10 Å². The molecule has 2 atom stereocenters. The summed E-state index contributed by atoms with van der Waals surface area (Å²) in [7, 11) is 1.11. The summed E-state index contributed by atoms with van der Waals surface area (Å²) in [5, 5.41) is 15.5. The first-order valence-corrected chi connectivity index (χ1v) is 9.49. The highest BCUT2D eigenvalue weighted by atomic mass is 35.5. The lowest BCUT2D eigenvalue weighted by Gasteiger charge is -2.26. The van der Waals surface area contributed by atoms with Crippen LogP contribution in [0.25, 0.3) is 0 Å². The summed E-state index contributed by atoms with van der Waals surface area (Å²) in [6.07, 6.45) is 0. The number of rotatable bonds is 4. The van der Waals surface area contributed by atoms with E-state index in [0.717, 1.165) is 18.1 Å². The Morgan fingerprint density at radius 1 is 1.23 bits per heavy atom. The van der Waals surface area contributed by atoms with E-state index in [1.54, 1.807) is 0 Å². The number of fused-ring (bicyclic) bond motifs is 1. The third-order valence-corrected chi connectivity index (χ3v) is 5.87. The van der Waals surface area contributed by atoms with E-state index in [2.05, 4.69) is 10.5 Å². The number of nitro benzene ring substituents is 1. The number of hydrogen-bond acceptors (Lipinski definition) is 8. The number of imide groups is 1. The molecule has 2 amide bonds. The van der Waals surface area contributed by atoms with Crippen LogP contribution in [0.2, 0.25) is 10.0 Å². The van der Waals surface area contributed by atoms with Crippen molar-refractivity contribution < 1.29 is 24.0 Å². The van der Waals surface area contributed by atoms with Crippen molar-refractivity contribution in [1.29, 1.82) is 0 Å². The minimum absolute atomic E-state index is 0.0928. The fourth-order valence-electron chi connectivity index (χ4n) is 3.72. The second-order valence-corrected chi connectivity index (χ2v) is 7.54. The maximum atomic E-state index is 13.6. The van der Waals surface area contributed by atoms with Gasteiger partial charge in [-0.1, -0.05) is 35.3 Å². The molecule has 10 nitrogen and oxygen atoms in total. The van der Waals surface area contributed by atoms with Gasteiger partial charge >= 0.3 is 5.97 Å². The number of benzene rings is 2. The fourth-order valence-corrected chi connectivity index (χ4v) is 4.01. The predicted octanol–water partition coefficient (Wildman–Crippen LogP) is 2.42. The Labute approximate surface area is 184 Å². The Hall–Kier alpha value is -3.50. The van der Waals surface area contributed by atoms with Gasteiger partial charge in [0.05, 0.1) is 27.8 Å². The Morgan fingerprint density at radius 3 is 2.61 bits per heavy atom. The first-order chi connectivity index (χ1) is 14.7. The van der Waals surface area contributed by atoms with E-state index in [-0.39, 0.29) is 32.7 Å². The van der Waals surface area contributed by atoms with E-state index < -0.39 is 34.2 Å². The number of methoxy groups -OCH3 is 1. The molecular weight excluding hydrogens is 451 g/mol. The van der Waals surface area contributed by atoms with Gasteiger partial charge in [-0.3, -0.25) is 25.1 Å². The van der Waals surface area contributed by atoms with Crippen LogP contribution in [0.15, 0.2) is 47.6 Å². The Balaban J connectivity index is 1.92. The number of esters is 1. The van der Waals surface area contributed by atoms with Gasteiger partial charge in [-0.25, -0.2) is 9.69 Å². The van der Waals surface area contributed by atoms with Crippen molar-refractivity contribution in [3.63, 3.8) is 0 Å². The van der Waals surface area contributed by atoms with E-state index in [0.29, 0.717) is 0 Å². The van der Waals surface area contributed by atoms with Crippen molar-refractivity contribution >= 4 is 58.1 Å². The van der Waals surface area contributed by atoms with Crippen LogP contribution >= 0.6 is 23.2 Å². The molecule has 0 aromatic heterocycles. The van der Waals surface area contributed by atoms with Crippen LogP contribution in [-0.4, -0.2) is 35.5 Å².